The minimum atomic E-state index is -0.808. The molecule has 0 saturated carbocycles. The lowest BCUT2D eigenvalue weighted by Crippen LogP contribution is -2.46. The van der Waals surface area contributed by atoms with Crippen molar-refractivity contribution in [2.45, 2.75) is 251 Å². The molecule has 1 amide bonds. The molecule has 0 aliphatic carbocycles. The van der Waals surface area contributed by atoms with Crippen LogP contribution >= 0.6 is 0 Å². The molecule has 6 nitrogen and oxygen atoms in total. The number of esters is 1. The van der Waals surface area contributed by atoms with Gasteiger partial charge in [-0.2, -0.15) is 0 Å². The third-order valence-corrected chi connectivity index (χ3v) is 11.2. The normalized spacial score (nSPS) is 14.0. The van der Waals surface area contributed by atoms with E-state index in [1.165, 1.54) is 89.9 Å². The molecular formula is C56H97NO5. The number of carbonyl (C=O) groups is 2. The Kier molecular flexibility index (Phi) is 46.7. The van der Waals surface area contributed by atoms with E-state index < -0.39 is 18.2 Å². The molecule has 0 aliphatic rings. The number of aliphatic hydroxyl groups excluding tert-OH is 2. The van der Waals surface area contributed by atoms with Gasteiger partial charge in [0, 0.05) is 6.42 Å². The number of hydrogen-bond acceptors (Lipinski definition) is 5. The number of rotatable bonds is 45. The standard InChI is InChI=1S/C56H97NO5/c1-4-7-10-13-16-19-22-24-26-27-28-29-30-32-34-37-40-43-46-49-56(61)62-52(47-44-41-38-35-33-31-25-23-20-17-14-11-8-5-2)50-55(60)57-53(51-58)54(59)48-45-42-39-36-21-18-15-12-9-6-3/h7,10,16,19,24,26,28-29,31-35,38,52-54,58-59H,4-6,8-9,11-15,17-18,20-23,25,27,30,36-37,39-51H2,1-3H3,(H,57,60)/b10-7-,19-16-,26-24-,29-28-,33-31+,34-32-,38-35+. The second-order valence-corrected chi connectivity index (χ2v) is 17.2. The molecule has 62 heavy (non-hydrogen) atoms. The maximum atomic E-state index is 13.2. The minimum absolute atomic E-state index is 0.0271. The van der Waals surface area contributed by atoms with Crippen LogP contribution in [0.25, 0.3) is 0 Å². The van der Waals surface area contributed by atoms with Crippen LogP contribution in [-0.2, 0) is 14.3 Å². The molecule has 0 fully saturated rings. The highest BCUT2D eigenvalue weighted by molar-refractivity contribution is 5.77. The van der Waals surface area contributed by atoms with Crippen LogP contribution in [0, 0.1) is 0 Å². The summed E-state index contributed by atoms with van der Waals surface area (Å²) in [6.07, 6.45) is 63.6. The summed E-state index contributed by atoms with van der Waals surface area (Å²) in [7, 11) is 0. The fourth-order valence-corrected chi connectivity index (χ4v) is 7.33. The number of allylic oxidation sites excluding steroid dienone is 14. The number of ether oxygens (including phenoxy) is 1. The first-order valence-electron chi connectivity index (χ1n) is 25.8. The van der Waals surface area contributed by atoms with Gasteiger partial charge in [0.2, 0.25) is 5.91 Å². The van der Waals surface area contributed by atoms with Gasteiger partial charge in [-0.1, -0.05) is 215 Å². The van der Waals surface area contributed by atoms with E-state index in [1.807, 2.05) is 0 Å². The minimum Gasteiger partial charge on any atom is -0.462 e. The summed E-state index contributed by atoms with van der Waals surface area (Å²) in [6.45, 7) is 6.32. The molecule has 0 heterocycles. The zero-order chi connectivity index (χ0) is 45.2. The summed E-state index contributed by atoms with van der Waals surface area (Å²) in [5.74, 6) is -0.564. The van der Waals surface area contributed by atoms with Crippen LogP contribution < -0.4 is 5.32 Å². The monoisotopic (exact) mass is 864 g/mol. The molecule has 356 valence electrons. The average Bonchev–Trinajstić information content (AvgIpc) is 3.26. The summed E-state index contributed by atoms with van der Waals surface area (Å²) >= 11 is 0. The van der Waals surface area contributed by atoms with E-state index in [-0.39, 0.29) is 24.9 Å². The van der Waals surface area contributed by atoms with Crippen LogP contribution in [0.1, 0.15) is 233 Å². The van der Waals surface area contributed by atoms with Crippen molar-refractivity contribution in [2.24, 2.45) is 0 Å². The largest absolute Gasteiger partial charge is 0.462 e. The lowest BCUT2D eigenvalue weighted by Gasteiger charge is -2.24. The van der Waals surface area contributed by atoms with Crippen molar-refractivity contribution in [3.8, 4) is 0 Å². The predicted molar refractivity (Wildman–Crippen MR) is 268 cm³/mol. The highest BCUT2D eigenvalue weighted by atomic mass is 16.5. The van der Waals surface area contributed by atoms with Gasteiger partial charge in [-0.05, 0) is 89.9 Å². The molecule has 3 N–H and O–H groups in total. The number of hydrogen-bond donors (Lipinski definition) is 3. The molecule has 0 rings (SSSR count). The fraction of sp³-hybridized carbons (Fsp3) is 0.714. The molecule has 0 radical (unpaired) electrons. The smallest absolute Gasteiger partial charge is 0.306 e. The maximum Gasteiger partial charge on any atom is 0.306 e. The molecule has 0 aromatic carbocycles. The van der Waals surface area contributed by atoms with Crippen molar-refractivity contribution in [1.82, 2.24) is 5.32 Å². The third kappa shape index (κ3) is 43.7. The molecule has 6 heteroatoms. The first-order valence-corrected chi connectivity index (χ1v) is 25.8. The van der Waals surface area contributed by atoms with Crippen molar-refractivity contribution < 1.29 is 24.5 Å². The average molecular weight is 864 g/mol. The zero-order valence-electron chi connectivity index (χ0n) is 40.5. The van der Waals surface area contributed by atoms with Gasteiger partial charge in [0.1, 0.15) is 6.10 Å². The first-order chi connectivity index (χ1) is 30.5. The summed E-state index contributed by atoms with van der Waals surface area (Å²) in [6, 6.07) is -0.726. The second-order valence-electron chi connectivity index (χ2n) is 17.2. The van der Waals surface area contributed by atoms with Gasteiger partial charge in [0.25, 0.3) is 0 Å². The molecule has 0 aromatic rings. The van der Waals surface area contributed by atoms with E-state index in [0.717, 1.165) is 96.3 Å². The molecule has 0 saturated heterocycles. The van der Waals surface area contributed by atoms with E-state index in [4.69, 9.17) is 4.74 Å². The Balaban J connectivity index is 4.71. The number of nitrogens with one attached hydrogen (secondary N) is 1. The molecule has 3 atom stereocenters. The van der Waals surface area contributed by atoms with E-state index in [9.17, 15) is 19.8 Å². The van der Waals surface area contributed by atoms with Gasteiger partial charge in [-0.15, -0.1) is 0 Å². The summed E-state index contributed by atoms with van der Waals surface area (Å²) in [4.78, 5) is 26.1. The molecule has 3 unspecified atom stereocenters. The van der Waals surface area contributed by atoms with E-state index in [1.54, 1.807) is 0 Å². The summed E-state index contributed by atoms with van der Waals surface area (Å²) in [5, 5.41) is 23.7. The third-order valence-electron chi connectivity index (χ3n) is 11.2. The van der Waals surface area contributed by atoms with Gasteiger partial charge in [-0.3, -0.25) is 9.59 Å². The zero-order valence-corrected chi connectivity index (χ0v) is 40.5. The second kappa shape index (κ2) is 49.1. The van der Waals surface area contributed by atoms with Crippen LogP contribution in [0.3, 0.4) is 0 Å². The Hall–Kier alpha value is -2.96. The topological polar surface area (TPSA) is 95.9 Å². The Morgan fingerprint density at radius 2 is 0.935 bits per heavy atom. The molecule has 0 bridgehead atoms. The molecular weight excluding hydrogens is 767 g/mol. The Morgan fingerprint density at radius 3 is 1.45 bits per heavy atom. The van der Waals surface area contributed by atoms with E-state index in [2.05, 4.69) is 111 Å². The van der Waals surface area contributed by atoms with Crippen LogP contribution in [0.2, 0.25) is 0 Å². The van der Waals surface area contributed by atoms with Crippen molar-refractivity contribution in [1.29, 1.82) is 0 Å². The van der Waals surface area contributed by atoms with Crippen LogP contribution in [0.15, 0.2) is 85.1 Å². The number of carbonyl (C=O) groups excluding carboxylic acids is 2. The van der Waals surface area contributed by atoms with Crippen LogP contribution in [0.5, 0.6) is 0 Å². The highest BCUT2D eigenvalue weighted by Gasteiger charge is 2.24. The van der Waals surface area contributed by atoms with Crippen molar-refractivity contribution >= 4 is 11.9 Å². The molecule has 0 aliphatic heterocycles. The lowest BCUT2D eigenvalue weighted by atomic mass is 10.0. The fourth-order valence-electron chi connectivity index (χ4n) is 7.33. The van der Waals surface area contributed by atoms with Gasteiger partial charge >= 0.3 is 5.97 Å². The van der Waals surface area contributed by atoms with Crippen molar-refractivity contribution in [2.75, 3.05) is 6.61 Å². The maximum absolute atomic E-state index is 13.2. The molecule has 0 aromatic heterocycles. The van der Waals surface area contributed by atoms with Crippen LogP contribution in [0.4, 0.5) is 0 Å². The number of unbranched alkanes of at least 4 members (excludes halogenated alkanes) is 20. The lowest BCUT2D eigenvalue weighted by molar-refractivity contribution is -0.151. The number of amides is 1. The Labute approximate surface area is 383 Å². The van der Waals surface area contributed by atoms with E-state index in [0.29, 0.717) is 19.3 Å². The molecule has 0 spiro atoms. The summed E-state index contributed by atoms with van der Waals surface area (Å²) < 4.78 is 5.89. The Bertz CT molecular complexity index is 1200. The Morgan fingerprint density at radius 1 is 0.500 bits per heavy atom. The quantitative estimate of drug-likeness (QED) is 0.0245. The predicted octanol–water partition coefficient (Wildman–Crippen LogP) is 15.6. The van der Waals surface area contributed by atoms with Gasteiger partial charge in [0.15, 0.2) is 0 Å². The van der Waals surface area contributed by atoms with Gasteiger partial charge < -0.3 is 20.3 Å². The van der Waals surface area contributed by atoms with Crippen molar-refractivity contribution in [3.05, 3.63) is 85.1 Å². The SMILES string of the molecule is CC/C=C\C/C=C\C/C=C\C/C=C\C/C=C\CCCCCC(=O)OC(CCC/C=C/C=C/CCCCCCCCC)CC(=O)NC(CO)C(O)CCCCCCCCCCCC. The van der Waals surface area contributed by atoms with Crippen molar-refractivity contribution in [3.63, 3.8) is 0 Å². The van der Waals surface area contributed by atoms with E-state index >= 15 is 0 Å². The summed E-state index contributed by atoms with van der Waals surface area (Å²) in [5.41, 5.74) is 0. The van der Waals surface area contributed by atoms with Gasteiger partial charge in [0.05, 0.1) is 25.2 Å². The highest BCUT2D eigenvalue weighted by Crippen LogP contribution is 2.16. The number of aliphatic hydroxyl groups is 2. The first kappa shape index (κ1) is 59.0. The van der Waals surface area contributed by atoms with Gasteiger partial charge in [-0.25, -0.2) is 0 Å². The van der Waals surface area contributed by atoms with Crippen LogP contribution in [-0.4, -0.2) is 46.9 Å².